The van der Waals surface area contributed by atoms with E-state index in [-0.39, 0.29) is 31.4 Å². The van der Waals surface area contributed by atoms with Gasteiger partial charge in [-0.05, 0) is 60.5 Å². The molecule has 0 spiro atoms. The van der Waals surface area contributed by atoms with E-state index in [0.29, 0.717) is 25.1 Å². The van der Waals surface area contributed by atoms with Crippen LogP contribution in [0.25, 0.3) is 0 Å². The number of nitrogens with one attached hydrogen (secondary N) is 5. The van der Waals surface area contributed by atoms with Crippen LogP contribution in [0.15, 0.2) is 41.5 Å². The molecular weight excluding hydrogens is 532 g/mol. The molecule has 0 radical (unpaired) electrons. The lowest BCUT2D eigenvalue weighted by Gasteiger charge is -2.30. The van der Waals surface area contributed by atoms with Crippen molar-refractivity contribution >= 4 is 24.0 Å². The van der Waals surface area contributed by atoms with Gasteiger partial charge in [-0.2, -0.15) is 5.48 Å². The number of hydroxylamine groups is 1. The van der Waals surface area contributed by atoms with Gasteiger partial charge in [0.2, 0.25) is 5.91 Å². The van der Waals surface area contributed by atoms with Crippen molar-refractivity contribution in [3.8, 4) is 0 Å². The second-order valence-electron chi connectivity index (χ2n) is 11.5. The van der Waals surface area contributed by atoms with Gasteiger partial charge in [-0.15, -0.1) is 0 Å². The first-order valence-corrected chi connectivity index (χ1v) is 13.5. The normalized spacial score (nSPS) is 14.1. The average molecular weight is 577 g/mol. The molecule has 1 aliphatic rings. The molecule has 0 bridgehead atoms. The van der Waals surface area contributed by atoms with Crippen molar-refractivity contribution in [2.45, 2.75) is 85.3 Å². The zero-order valence-electron chi connectivity index (χ0n) is 25.0. The van der Waals surface area contributed by atoms with E-state index in [4.69, 9.17) is 14.3 Å². The summed E-state index contributed by atoms with van der Waals surface area (Å²) in [4.78, 5) is 55.3. The Morgan fingerprint density at radius 2 is 1.54 bits per heavy atom. The van der Waals surface area contributed by atoms with Crippen LogP contribution in [0.2, 0.25) is 0 Å². The number of alkyl carbamates (subject to hydrolysis) is 2. The Morgan fingerprint density at radius 1 is 0.951 bits per heavy atom. The van der Waals surface area contributed by atoms with E-state index in [9.17, 15) is 19.2 Å². The van der Waals surface area contributed by atoms with Crippen LogP contribution in [-0.4, -0.2) is 66.2 Å². The van der Waals surface area contributed by atoms with Crippen molar-refractivity contribution in [3.05, 3.63) is 47.0 Å². The van der Waals surface area contributed by atoms with Crippen LogP contribution in [0.4, 0.5) is 9.59 Å². The lowest BCUT2D eigenvalue weighted by Crippen LogP contribution is -2.58. The van der Waals surface area contributed by atoms with Gasteiger partial charge in [0.25, 0.3) is 5.91 Å². The minimum absolute atomic E-state index is 0.00896. The first-order valence-electron chi connectivity index (χ1n) is 13.5. The minimum Gasteiger partial charge on any atom is -0.444 e. The fraction of sp³-hybridized carbons (Fsp3) is 0.571. The topological polar surface area (TPSA) is 159 Å². The standard InChI is InChI=1S/C28H44N6O7/c1-19-13-15-34(30-18-20-11-9-8-10-12-20)23(36)21(19)17-22(35)29-14-16-39-33-24(31-25(37)40-27(2,3)4)32-26(38)41-28(5,6)7/h8-12,24,30,33H,13-18H2,1-7H3,(H,29,35)(H,31,37)(H,32,38). The average Bonchev–Trinajstić information content (AvgIpc) is 2.84. The van der Waals surface area contributed by atoms with Gasteiger partial charge in [-0.3, -0.25) is 30.1 Å². The Hall–Kier alpha value is -3.68. The van der Waals surface area contributed by atoms with E-state index in [2.05, 4.69) is 26.9 Å². The van der Waals surface area contributed by atoms with E-state index in [1.807, 2.05) is 37.3 Å². The molecule has 1 aliphatic heterocycles. The summed E-state index contributed by atoms with van der Waals surface area (Å²) < 4.78 is 10.4. The minimum atomic E-state index is -1.18. The summed E-state index contributed by atoms with van der Waals surface area (Å²) in [6.45, 7) is 13.2. The van der Waals surface area contributed by atoms with Gasteiger partial charge in [0.05, 0.1) is 13.0 Å². The Bertz CT molecular complexity index is 1050. The molecule has 13 heteroatoms. The summed E-state index contributed by atoms with van der Waals surface area (Å²) in [6.07, 6.45) is -2.17. The zero-order valence-corrected chi connectivity index (χ0v) is 25.0. The van der Waals surface area contributed by atoms with Crippen LogP contribution < -0.4 is 26.9 Å². The molecule has 0 atom stereocenters. The lowest BCUT2D eigenvalue weighted by atomic mass is 9.98. The summed E-state index contributed by atoms with van der Waals surface area (Å²) in [5.41, 5.74) is 6.52. The van der Waals surface area contributed by atoms with Crippen molar-refractivity contribution < 1.29 is 33.5 Å². The monoisotopic (exact) mass is 576 g/mol. The Balaban J connectivity index is 1.81. The largest absolute Gasteiger partial charge is 0.444 e. The lowest BCUT2D eigenvalue weighted by molar-refractivity contribution is -0.133. The predicted molar refractivity (Wildman–Crippen MR) is 152 cm³/mol. The molecule has 0 unspecified atom stereocenters. The Labute approximate surface area is 241 Å². The summed E-state index contributed by atoms with van der Waals surface area (Å²) in [6, 6.07) is 9.74. The third-order valence-electron chi connectivity index (χ3n) is 5.43. The number of amides is 4. The molecule has 4 amide bonds. The van der Waals surface area contributed by atoms with Crippen LogP contribution in [-0.2, 0) is 30.4 Å². The molecule has 13 nitrogen and oxygen atoms in total. The van der Waals surface area contributed by atoms with Gasteiger partial charge in [0.15, 0.2) is 6.29 Å². The summed E-state index contributed by atoms with van der Waals surface area (Å²) in [5.74, 6) is -0.557. The zero-order chi connectivity index (χ0) is 30.6. The van der Waals surface area contributed by atoms with Gasteiger partial charge in [-0.1, -0.05) is 35.9 Å². The highest BCUT2D eigenvalue weighted by Gasteiger charge is 2.27. The van der Waals surface area contributed by atoms with Gasteiger partial charge in [0, 0.05) is 25.2 Å². The fourth-order valence-corrected chi connectivity index (χ4v) is 3.59. The van der Waals surface area contributed by atoms with Gasteiger partial charge in [0.1, 0.15) is 11.2 Å². The van der Waals surface area contributed by atoms with Gasteiger partial charge < -0.3 is 14.8 Å². The molecule has 0 saturated carbocycles. The first kappa shape index (κ1) is 33.5. The van der Waals surface area contributed by atoms with Crippen LogP contribution in [0.3, 0.4) is 0 Å². The Morgan fingerprint density at radius 3 is 2.10 bits per heavy atom. The Kier molecular flexibility index (Phi) is 12.6. The fourth-order valence-electron chi connectivity index (χ4n) is 3.59. The maximum Gasteiger partial charge on any atom is 0.410 e. The molecule has 0 aromatic heterocycles. The van der Waals surface area contributed by atoms with Crippen LogP contribution >= 0.6 is 0 Å². The summed E-state index contributed by atoms with van der Waals surface area (Å²) >= 11 is 0. The van der Waals surface area contributed by atoms with E-state index >= 15 is 0 Å². The quantitative estimate of drug-likeness (QED) is 0.143. The number of carbonyl (C=O) groups excluding carboxylic acids is 4. The third-order valence-corrected chi connectivity index (χ3v) is 5.43. The van der Waals surface area contributed by atoms with Crippen LogP contribution in [0, 0.1) is 0 Å². The molecule has 2 rings (SSSR count). The molecule has 0 aliphatic carbocycles. The van der Waals surface area contributed by atoms with E-state index in [1.165, 1.54) is 0 Å². The second-order valence-corrected chi connectivity index (χ2v) is 11.5. The number of hydrogen-bond acceptors (Lipinski definition) is 9. The van der Waals surface area contributed by atoms with Gasteiger partial charge in [-0.25, -0.2) is 15.0 Å². The number of hydrogen-bond donors (Lipinski definition) is 5. The summed E-state index contributed by atoms with van der Waals surface area (Å²) in [7, 11) is 0. The third kappa shape index (κ3) is 13.5. The molecule has 0 fully saturated rings. The second kappa shape index (κ2) is 15.4. The van der Waals surface area contributed by atoms with E-state index < -0.39 is 29.7 Å². The first-order chi connectivity index (χ1) is 19.1. The molecule has 1 aromatic rings. The van der Waals surface area contributed by atoms with Crippen molar-refractivity contribution in [3.63, 3.8) is 0 Å². The van der Waals surface area contributed by atoms with Crippen molar-refractivity contribution in [2.24, 2.45) is 0 Å². The van der Waals surface area contributed by atoms with E-state index in [0.717, 1.165) is 11.1 Å². The van der Waals surface area contributed by atoms with Crippen molar-refractivity contribution in [1.29, 1.82) is 0 Å². The van der Waals surface area contributed by atoms with Crippen molar-refractivity contribution in [1.82, 2.24) is 31.9 Å². The maximum absolute atomic E-state index is 13.0. The molecule has 228 valence electrons. The molecule has 1 heterocycles. The highest BCUT2D eigenvalue weighted by molar-refractivity contribution is 5.99. The predicted octanol–water partition coefficient (Wildman–Crippen LogP) is 2.60. The number of nitrogens with zero attached hydrogens (tertiary/aromatic N) is 1. The highest BCUT2D eigenvalue weighted by Crippen LogP contribution is 2.20. The van der Waals surface area contributed by atoms with Crippen LogP contribution in [0.1, 0.15) is 66.9 Å². The highest BCUT2D eigenvalue weighted by atomic mass is 16.7. The smallest absolute Gasteiger partial charge is 0.410 e. The maximum atomic E-state index is 13.0. The molecule has 1 aromatic carbocycles. The number of benzene rings is 1. The number of rotatable bonds is 12. The van der Waals surface area contributed by atoms with Gasteiger partial charge >= 0.3 is 12.2 Å². The molecule has 0 saturated heterocycles. The van der Waals surface area contributed by atoms with E-state index in [1.54, 1.807) is 46.6 Å². The number of carbonyl (C=O) groups is 4. The SMILES string of the molecule is CC1=C(CC(=O)NCCONC(NC(=O)OC(C)(C)C)NC(=O)OC(C)(C)C)C(=O)N(NCc2ccccc2)CC1. The molecule has 41 heavy (non-hydrogen) atoms. The number of ether oxygens (including phenoxy) is 2. The summed E-state index contributed by atoms with van der Waals surface area (Å²) in [5, 5.41) is 9.11. The molecular formula is C28H44N6O7. The van der Waals surface area contributed by atoms with Crippen molar-refractivity contribution in [2.75, 3.05) is 19.7 Å². The molecule has 5 N–H and O–H groups in total. The van der Waals surface area contributed by atoms with Crippen LogP contribution in [0.5, 0.6) is 0 Å². The number of hydrazine groups is 1.